The van der Waals surface area contributed by atoms with Crippen LogP contribution < -0.4 is 20.3 Å². The molecule has 3 aromatic rings. The minimum Gasteiger partial charge on any atom is -0.454 e. The Kier molecular flexibility index (Phi) is 6.79. The van der Waals surface area contributed by atoms with Gasteiger partial charge in [-0.15, -0.1) is 0 Å². The third kappa shape index (κ3) is 5.25. The number of hydrogen-bond acceptors (Lipinski definition) is 5. The molecule has 0 bridgehead atoms. The maximum absolute atomic E-state index is 13.2. The largest absolute Gasteiger partial charge is 0.454 e. The first-order valence-electron chi connectivity index (χ1n) is 11.0. The maximum Gasteiger partial charge on any atom is 0.322 e. The summed E-state index contributed by atoms with van der Waals surface area (Å²) >= 11 is 0. The van der Waals surface area contributed by atoms with Crippen LogP contribution in [0.3, 0.4) is 0 Å². The zero-order valence-corrected chi connectivity index (χ0v) is 18.7. The van der Waals surface area contributed by atoms with Gasteiger partial charge in [-0.05, 0) is 49.5 Å². The minimum absolute atomic E-state index is 0.119. The Balaban J connectivity index is 1.59. The predicted molar refractivity (Wildman–Crippen MR) is 124 cm³/mol. The van der Waals surface area contributed by atoms with Crippen molar-refractivity contribution in [2.75, 3.05) is 38.3 Å². The number of fused-ring (bicyclic) bond motifs is 2. The molecule has 2 aromatic carbocycles. The molecule has 1 aliphatic heterocycles. The SMILES string of the molecule is CCN(CC)CCN(Cc1cc2cc3c(cc2[nH]c1=O)OCO3)C(=O)Nc1ccc(F)cc1. The average molecular weight is 455 g/mol. The van der Waals surface area contributed by atoms with Crippen molar-refractivity contribution in [1.29, 1.82) is 0 Å². The lowest BCUT2D eigenvalue weighted by atomic mass is 10.1. The summed E-state index contributed by atoms with van der Waals surface area (Å²) in [7, 11) is 0. The van der Waals surface area contributed by atoms with E-state index >= 15 is 0 Å². The second-order valence-corrected chi connectivity index (χ2v) is 7.80. The Morgan fingerprint density at radius 3 is 2.45 bits per heavy atom. The van der Waals surface area contributed by atoms with Crippen LogP contribution in [0.5, 0.6) is 11.5 Å². The van der Waals surface area contributed by atoms with Gasteiger partial charge < -0.3 is 29.6 Å². The fourth-order valence-corrected chi connectivity index (χ4v) is 3.75. The number of aromatic amines is 1. The molecule has 0 spiro atoms. The summed E-state index contributed by atoms with van der Waals surface area (Å²) in [4.78, 5) is 32.5. The first-order chi connectivity index (χ1) is 16.0. The predicted octanol–water partition coefficient (Wildman–Crippen LogP) is 3.77. The highest BCUT2D eigenvalue weighted by Crippen LogP contribution is 2.35. The summed E-state index contributed by atoms with van der Waals surface area (Å²) in [6.45, 7) is 7.18. The molecule has 2 N–H and O–H groups in total. The molecule has 8 nitrogen and oxygen atoms in total. The smallest absolute Gasteiger partial charge is 0.322 e. The average Bonchev–Trinajstić information content (AvgIpc) is 3.26. The van der Waals surface area contributed by atoms with Gasteiger partial charge in [0.2, 0.25) is 6.79 Å². The number of ether oxygens (including phenoxy) is 2. The van der Waals surface area contributed by atoms with Gasteiger partial charge in [-0.2, -0.15) is 0 Å². The number of pyridine rings is 1. The second kappa shape index (κ2) is 9.91. The third-order valence-corrected chi connectivity index (χ3v) is 5.74. The van der Waals surface area contributed by atoms with Gasteiger partial charge in [0, 0.05) is 35.8 Å². The van der Waals surface area contributed by atoms with Gasteiger partial charge in [-0.3, -0.25) is 4.79 Å². The van der Waals surface area contributed by atoms with Crippen molar-refractivity contribution >= 4 is 22.6 Å². The van der Waals surface area contributed by atoms with Gasteiger partial charge in [-0.25, -0.2) is 9.18 Å². The van der Waals surface area contributed by atoms with Crippen molar-refractivity contribution < 1.29 is 18.7 Å². The first kappa shape index (κ1) is 22.6. The van der Waals surface area contributed by atoms with E-state index in [0.29, 0.717) is 41.4 Å². The number of likely N-dealkylation sites (N-methyl/N-ethyl adjacent to an activating group) is 1. The Bertz CT molecular complexity index is 1190. The number of hydrogen-bond donors (Lipinski definition) is 2. The number of carbonyl (C=O) groups is 1. The summed E-state index contributed by atoms with van der Waals surface area (Å²) in [5, 5.41) is 3.58. The van der Waals surface area contributed by atoms with Gasteiger partial charge in [-0.1, -0.05) is 13.8 Å². The number of carbonyl (C=O) groups excluding carboxylic acids is 1. The zero-order valence-electron chi connectivity index (χ0n) is 18.7. The van der Waals surface area contributed by atoms with Gasteiger partial charge >= 0.3 is 6.03 Å². The summed E-state index contributed by atoms with van der Waals surface area (Å²) < 4.78 is 24.0. The molecular formula is C24H27FN4O4. The van der Waals surface area contributed by atoms with Crippen LogP contribution >= 0.6 is 0 Å². The van der Waals surface area contributed by atoms with E-state index in [-0.39, 0.29) is 30.7 Å². The normalized spacial score (nSPS) is 12.4. The van der Waals surface area contributed by atoms with Crippen LogP contribution in [0.25, 0.3) is 10.9 Å². The van der Waals surface area contributed by atoms with Crippen LogP contribution in [0.1, 0.15) is 19.4 Å². The van der Waals surface area contributed by atoms with Crippen molar-refractivity contribution in [3.63, 3.8) is 0 Å². The lowest BCUT2D eigenvalue weighted by molar-refractivity contribution is 0.174. The molecule has 2 heterocycles. The molecule has 9 heteroatoms. The molecule has 0 radical (unpaired) electrons. The molecule has 0 aliphatic carbocycles. The van der Waals surface area contributed by atoms with Crippen LogP contribution in [-0.4, -0.2) is 53.8 Å². The molecule has 33 heavy (non-hydrogen) atoms. The fourth-order valence-electron chi connectivity index (χ4n) is 3.75. The van der Waals surface area contributed by atoms with E-state index in [4.69, 9.17) is 9.47 Å². The Morgan fingerprint density at radius 2 is 1.76 bits per heavy atom. The van der Waals surface area contributed by atoms with Crippen molar-refractivity contribution in [3.8, 4) is 11.5 Å². The number of urea groups is 1. The Labute approximate surface area is 190 Å². The van der Waals surface area contributed by atoms with Crippen LogP contribution in [0.4, 0.5) is 14.9 Å². The molecule has 0 unspecified atom stereocenters. The van der Waals surface area contributed by atoms with E-state index in [1.54, 1.807) is 17.0 Å². The van der Waals surface area contributed by atoms with E-state index < -0.39 is 0 Å². The van der Waals surface area contributed by atoms with Crippen LogP contribution in [0, 0.1) is 5.82 Å². The summed E-state index contributed by atoms with van der Waals surface area (Å²) in [6.07, 6.45) is 0. The number of anilines is 1. The van der Waals surface area contributed by atoms with Crippen molar-refractivity contribution in [2.24, 2.45) is 0 Å². The number of H-pyrrole nitrogens is 1. The molecule has 4 rings (SSSR count). The molecule has 1 aromatic heterocycles. The van der Waals surface area contributed by atoms with E-state index in [2.05, 4.69) is 29.0 Å². The Morgan fingerprint density at radius 1 is 1.06 bits per heavy atom. The highest BCUT2D eigenvalue weighted by atomic mass is 19.1. The van der Waals surface area contributed by atoms with Crippen molar-refractivity contribution in [1.82, 2.24) is 14.8 Å². The number of nitrogens with zero attached hydrogens (tertiary/aromatic N) is 2. The van der Waals surface area contributed by atoms with E-state index in [9.17, 15) is 14.0 Å². The van der Waals surface area contributed by atoms with Gasteiger partial charge in [0.1, 0.15) is 5.82 Å². The zero-order chi connectivity index (χ0) is 23.4. The van der Waals surface area contributed by atoms with Crippen LogP contribution in [0.2, 0.25) is 0 Å². The van der Waals surface area contributed by atoms with E-state index in [1.807, 2.05) is 6.07 Å². The number of aromatic nitrogens is 1. The monoisotopic (exact) mass is 454 g/mol. The standard InChI is InChI=1S/C24H27FN4O4/c1-3-28(4-2)9-10-29(24(31)26-19-7-5-18(25)6-8-19)14-17-11-16-12-21-22(33-15-32-21)13-20(16)27-23(17)30/h5-8,11-13H,3-4,9-10,14-15H2,1-2H3,(H,26,31)(H,27,30). The number of rotatable bonds is 8. The molecular weight excluding hydrogens is 427 g/mol. The lowest BCUT2D eigenvalue weighted by Crippen LogP contribution is -2.41. The third-order valence-electron chi connectivity index (χ3n) is 5.74. The number of nitrogens with one attached hydrogen (secondary N) is 2. The molecule has 0 saturated heterocycles. The van der Waals surface area contributed by atoms with Gasteiger partial charge in [0.15, 0.2) is 11.5 Å². The maximum atomic E-state index is 13.2. The van der Waals surface area contributed by atoms with E-state index in [0.717, 1.165) is 18.5 Å². The van der Waals surface area contributed by atoms with Crippen LogP contribution in [0.15, 0.2) is 47.3 Å². The highest BCUT2D eigenvalue weighted by molar-refractivity contribution is 5.89. The van der Waals surface area contributed by atoms with Gasteiger partial charge in [0.05, 0.1) is 12.1 Å². The highest BCUT2D eigenvalue weighted by Gasteiger charge is 2.19. The second-order valence-electron chi connectivity index (χ2n) is 7.80. The first-order valence-corrected chi connectivity index (χ1v) is 11.0. The summed E-state index contributed by atoms with van der Waals surface area (Å²) in [6, 6.07) is 10.5. The summed E-state index contributed by atoms with van der Waals surface area (Å²) in [5.41, 5.74) is 1.30. The number of halogens is 1. The topological polar surface area (TPSA) is 86.9 Å². The Hall–Kier alpha value is -3.59. The van der Waals surface area contributed by atoms with Crippen LogP contribution in [-0.2, 0) is 6.54 Å². The minimum atomic E-state index is -0.380. The van der Waals surface area contributed by atoms with Crippen molar-refractivity contribution in [3.05, 3.63) is 64.2 Å². The fraction of sp³-hybridized carbons (Fsp3) is 0.333. The molecule has 0 atom stereocenters. The van der Waals surface area contributed by atoms with E-state index in [1.165, 1.54) is 24.3 Å². The molecule has 2 amide bonds. The molecule has 0 saturated carbocycles. The molecule has 0 fully saturated rings. The lowest BCUT2D eigenvalue weighted by Gasteiger charge is -2.26. The number of benzene rings is 2. The van der Waals surface area contributed by atoms with Crippen molar-refractivity contribution in [2.45, 2.75) is 20.4 Å². The quantitative estimate of drug-likeness (QED) is 0.541. The molecule has 1 aliphatic rings. The summed E-state index contributed by atoms with van der Waals surface area (Å²) in [5.74, 6) is 0.827. The number of amides is 2. The van der Waals surface area contributed by atoms with Gasteiger partial charge in [0.25, 0.3) is 5.56 Å². The molecule has 174 valence electrons.